The number of aromatic nitrogens is 2. The Bertz CT molecular complexity index is 1570. The maximum atomic E-state index is 12.8. The zero-order valence-electron chi connectivity index (χ0n) is 20.2. The fraction of sp³-hybridized carbons (Fsp3) is 0.276. The molecule has 2 bridgehead atoms. The lowest BCUT2D eigenvalue weighted by Gasteiger charge is -2.44. The summed E-state index contributed by atoms with van der Waals surface area (Å²) in [6.45, 7) is 2.18. The molecular formula is C29H27N3O5. The van der Waals surface area contributed by atoms with E-state index in [-0.39, 0.29) is 23.0 Å². The van der Waals surface area contributed by atoms with E-state index in [1.807, 2.05) is 56.6 Å². The van der Waals surface area contributed by atoms with Crippen LogP contribution in [0.15, 0.2) is 77.7 Å². The topological polar surface area (TPSA) is 105 Å². The number of carbonyl (C=O) groups is 2. The minimum absolute atomic E-state index is 0.0133. The molecule has 2 aromatic carbocycles. The number of carboxylic acid groups (broad SMARTS) is 2. The summed E-state index contributed by atoms with van der Waals surface area (Å²) in [5.41, 5.74) is 3.52. The fourth-order valence-corrected chi connectivity index (χ4v) is 6.22. The summed E-state index contributed by atoms with van der Waals surface area (Å²) in [4.78, 5) is 39.0. The number of hydrogen-bond donors (Lipinski definition) is 2. The largest absolute Gasteiger partial charge is 0.480 e. The van der Waals surface area contributed by atoms with Crippen LogP contribution in [-0.2, 0) is 17.9 Å². The van der Waals surface area contributed by atoms with Crippen LogP contribution < -0.4 is 5.56 Å². The first-order valence-corrected chi connectivity index (χ1v) is 12.5. The van der Waals surface area contributed by atoms with E-state index in [4.69, 9.17) is 0 Å². The predicted octanol–water partition coefficient (Wildman–Crippen LogP) is 3.79. The summed E-state index contributed by atoms with van der Waals surface area (Å²) in [5.74, 6) is -1.79. The van der Waals surface area contributed by atoms with E-state index in [1.54, 1.807) is 30.3 Å². The van der Waals surface area contributed by atoms with E-state index < -0.39 is 18.0 Å². The number of carboxylic acids is 2. The van der Waals surface area contributed by atoms with Gasteiger partial charge < -0.3 is 19.3 Å². The van der Waals surface area contributed by atoms with Gasteiger partial charge >= 0.3 is 11.9 Å². The first-order chi connectivity index (χ1) is 17.9. The van der Waals surface area contributed by atoms with E-state index in [9.17, 15) is 24.6 Å². The number of likely N-dealkylation sites (tertiary alicyclic amines) is 1. The van der Waals surface area contributed by atoms with Crippen LogP contribution in [0.2, 0.25) is 0 Å². The molecule has 3 atom stereocenters. The van der Waals surface area contributed by atoms with E-state index in [0.717, 1.165) is 23.2 Å². The molecule has 188 valence electrons. The van der Waals surface area contributed by atoms with E-state index >= 15 is 0 Å². The summed E-state index contributed by atoms with van der Waals surface area (Å²) in [5, 5.41) is 20.8. The lowest BCUT2D eigenvalue weighted by molar-refractivity contribution is -0.144. The minimum Gasteiger partial charge on any atom is -0.480 e. The molecule has 37 heavy (non-hydrogen) atoms. The van der Waals surface area contributed by atoms with Gasteiger partial charge in [0.1, 0.15) is 6.04 Å². The van der Waals surface area contributed by atoms with Crippen molar-refractivity contribution in [1.82, 2.24) is 14.0 Å². The van der Waals surface area contributed by atoms with Gasteiger partial charge in [0.15, 0.2) is 0 Å². The summed E-state index contributed by atoms with van der Waals surface area (Å²) in [6, 6.07) is 19.2. The second-order valence-electron chi connectivity index (χ2n) is 10.1. The molecule has 4 aromatic rings. The molecule has 0 saturated carbocycles. The molecule has 2 aliphatic rings. The van der Waals surface area contributed by atoms with E-state index in [0.29, 0.717) is 37.1 Å². The van der Waals surface area contributed by atoms with Crippen LogP contribution in [0.1, 0.15) is 45.6 Å². The Labute approximate surface area is 213 Å². The van der Waals surface area contributed by atoms with Gasteiger partial charge in [-0.3, -0.25) is 14.5 Å². The summed E-state index contributed by atoms with van der Waals surface area (Å²) < 4.78 is 3.83. The molecule has 1 saturated heterocycles. The van der Waals surface area contributed by atoms with Crippen LogP contribution in [0.3, 0.4) is 0 Å². The Morgan fingerprint density at radius 3 is 2.51 bits per heavy atom. The highest BCUT2D eigenvalue weighted by atomic mass is 16.4. The van der Waals surface area contributed by atoms with Gasteiger partial charge in [-0.05, 0) is 42.2 Å². The molecule has 0 radical (unpaired) electrons. The molecule has 8 heteroatoms. The molecule has 1 fully saturated rings. The fourth-order valence-electron chi connectivity index (χ4n) is 6.22. The van der Waals surface area contributed by atoms with Crippen LogP contribution >= 0.6 is 0 Å². The van der Waals surface area contributed by atoms with Crippen molar-refractivity contribution in [2.24, 2.45) is 5.92 Å². The smallest absolute Gasteiger partial charge is 0.335 e. The number of pyridine rings is 1. The third kappa shape index (κ3) is 4.13. The molecule has 0 aliphatic carbocycles. The second kappa shape index (κ2) is 9.05. The van der Waals surface area contributed by atoms with Crippen molar-refractivity contribution in [2.75, 3.05) is 13.1 Å². The minimum atomic E-state index is -1.05. The monoisotopic (exact) mass is 497 g/mol. The Balaban J connectivity index is 1.44. The Kier molecular flexibility index (Phi) is 5.68. The average Bonchev–Trinajstić information content (AvgIpc) is 3.22. The third-order valence-electron chi connectivity index (χ3n) is 7.76. The molecule has 2 N–H and O–H groups in total. The van der Waals surface area contributed by atoms with Gasteiger partial charge in [-0.2, -0.15) is 0 Å². The number of piperidine rings is 1. The lowest BCUT2D eigenvalue weighted by atomic mass is 9.82. The van der Waals surface area contributed by atoms with Gasteiger partial charge in [0, 0.05) is 66.5 Å². The van der Waals surface area contributed by atoms with Gasteiger partial charge in [0.25, 0.3) is 5.56 Å². The van der Waals surface area contributed by atoms with Crippen molar-refractivity contribution in [3.63, 3.8) is 0 Å². The number of fused-ring (bicyclic) bond motifs is 5. The average molecular weight is 498 g/mol. The molecule has 0 spiro atoms. The van der Waals surface area contributed by atoms with Crippen LogP contribution in [0.25, 0.3) is 10.9 Å². The van der Waals surface area contributed by atoms with Crippen molar-refractivity contribution >= 4 is 22.8 Å². The Morgan fingerprint density at radius 2 is 1.76 bits per heavy atom. The molecule has 4 heterocycles. The molecule has 0 amide bonds. The van der Waals surface area contributed by atoms with Crippen molar-refractivity contribution < 1.29 is 19.8 Å². The molecule has 0 unspecified atom stereocenters. The highest BCUT2D eigenvalue weighted by Crippen LogP contribution is 2.40. The summed E-state index contributed by atoms with van der Waals surface area (Å²) >= 11 is 0. The van der Waals surface area contributed by atoms with E-state index in [2.05, 4.69) is 0 Å². The lowest BCUT2D eigenvalue weighted by Crippen LogP contribution is -2.49. The van der Waals surface area contributed by atoms with E-state index in [1.165, 1.54) is 0 Å². The normalized spacial score (nSPS) is 19.9. The molecule has 6 rings (SSSR count). The number of aromatic carboxylic acids is 1. The maximum Gasteiger partial charge on any atom is 0.335 e. The maximum absolute atomic E-state index is 12.8. The SMILES string of the molecule is O=C(O)c1ccc2c(c1)c([C@@H](C(=O)O)N1C[C@H]3C[C@H](C1)c1cccc(=O)n1C3)cn2Cc1ccccc1. The number of nitrogens with zero attached hydrogens (tertiary/aromatic N) is 3. The summed E-state index contributed by atoms with van der Waals surface area (Å²) in [6.07, 6.45) is 2.79. The molecule has 8 nitrogen and oxygen atoms in total. The standard InChI is InChI=1S/C29H27N3O5/c33-26-8-4-7-24-21-11-19(15-32(24)26)14-31(16-21)27(29(36)37)23-17-30(13-18-5-2-1-3-6-18)25-10-9-20(28(34)35)12-22(23)25/h1-10,12,17,19,21,27H,11,13-16H2,(H,34,35)(H,36,37)/t19-,21-,27+/m1/s1. The Morgan fingerprint density at radius 1 is 0.946 bits per heavy atom. The van der Waals surface area contributed by atoms with Gasteiger partial charge in [-0.15, -0.1) is 0 Å². The van der Waals surface area contributed by atoms with Crippen molar-refractivity contribution in [2.45, 2.75) is 31.5 Å². The van der Waals surface area contributed by atoms with Gasteiger partial charge in [0.05, 0.1) is 5.56 Å². The predicted molar refractivity (Wildman–Crippen MR) is 138 cm³/mol. The highest BCUT2D eigenvalue weighted by Gasteiger charge is 2.40. The first-order valence-electron chi connectivity index (χ1n) is 12.5. The first kappa shape index (κ1) is 23.2. The number of benzene rings is 2. The number of hydrogen-bond acceptors (Lipinski definition) is 4. The van der Waals surface area contributed by atoms with Crippen molar-refractivity contribution in [3.05, 3.63) is 106 Å². The van der Waals surface area contributed by atoms with Crippen LogP contribution in [0, 0.1) is 5.92 Å². The van der Waals surface area contributed by atoms with Crippen LogP contribution in [0.4, 0.5) is 0 Å². The number of rotatable bonds is 6. The highest BCUT2D eigenvalue weighted by molar-refractivity contribution is 5.96. The molecular weight excluding hydrogens is 470 g/mol. The second-order valence-corrected chi connectivity index (χ2v) is 10.1. The quantitative estimate of drug-likeness (QED) is 0.420. The van der Waals surface area contributed by atoms with Gasteiger partial charge in [0.2, 0.25) is 0 Å². The molecule has 2 aliphatic heterocycles. The Hall–Kier alpha value is -4.17. The summed E-state index contributed by atoms with van der Waals surface area (Å²) in [7, 11) is 0. The van der Waals surface area contributed by atoms with Crippen LogP contribution in [0.5, 0.6) is 0 Å². The molecule has 2 aromatic heterocycles. The van der Waals surface area contributed by atoms with Crippen molar-refractivity contribution in [3.8, 4) is 0 Å². The third-order valence-corrected chi connectivity index (χ3v) is 7.76. The zero-order chi connectivity index (χ0) is 25.7. The van der Waals surface area contributed by atoms with Gasteiger partial charge in [-0.1, -0.05) is 36.4 Å². The van der Waals surface area contributed by atoms with Crippen LogP contribution in [-0.4, -0.2) is 49.3 Å². The zero-order valence-corrected chi connectivity index (χ0v) is 20.2. The van der Waals surface area contributed by atoms with Crippen molar-refractivity contribution in [1.29, 1.82) is 0 Å². The number of aliphatic carboxylic acids is 1. The van der Waals surface area contributed by atoms with Gasteiger partial charge in [-0.25, -0.2) is 4.79 Å².